The Balaban J connectivity index is 1.36. The van der Waals surface area contributed by atoms with Crippen LogP contribution in [0.2, 0.25) is 0 Å². The van der Waals surface area contributed by atoms with Crippen LogP contribution in [0, 0.1) is 0 Å². The molecule has 7 rings (SSSR count). The van der Waals surface area contributed by atoms with Gasteiger partial charge in [0, 0.05) is 24.8 Å². The molecule has 0 radical (unpaired) electrons. The third kappa shape index (κ3) is 3.08. The highest BCUT2D eigenvalue weighted by molar-refractivity contribution is 6.09. The molecule has 0 N–H and O–H groups in total. The van der Waals surface area contributed by atoms with Gasteiger partial charge in [-0.2, -0.15) is 0 Å². The quantitative estimate of drug-likeness (QED) is 0.270. The maximum Gasteiger partial charge on any atom is 0.0892 e. The maximum atomic E-state index is 4.47. The van der Waals surface area contributed by atoms with Gasteiger partial charge in [-0.25, -0.2) is 0 Å². The molecule has 4 heteroatoms. The van der Waals surface area contributed by atoms with Crippen LogP contribution in [0.15, 0.2) is 110 Å². The zero-order chi connectivity index (χ0) is 22.5. The molecule has 0 fully saturated rings. The van der Waals surface area contributed by atoms with Crippen LogP contribution in [-0.4, -0.2) is 19.9 Å². The fourth-order valence-electron chi connectivity index (χ4n) is 4.71. The summed E-state index contributed by atoms with van der Waals surface area (Å²) in [4.78, 5) is 17.7. The topological polar surface area (TPSA) is 51.6 Å². The Labute approximate surface area is 195 Å². The first-order valence-corrected chi connectivity index (χ1v) is 11.2. The summed E-state index contributed by atoms with van der Waals surface area (Å²) in [6.45, 7) is 0. The Morgan fingerprint density at radius 2 is 0.794 bits per heavy atom. The molecular formula is C30H18N4. The van der Waals surface area contributed by atoms with Crippen LogP contribution in [0.4, 0.5) is 0 Å². The lowest BCUT2D eigenvalue weighted by molar-refractivity contribution is 1.29. The summed E-state index contributed by atoms with van der Waals surface area (Å²) in [7, 11) is 0. The van der Waals surface area contributed by atoms with Gasteiger partial charge >= 0.3 is 0 Å². The lowest BCUT2D eigenvalue weighted by Crippen LogP contribution is -1.86. The molecule has 2 aromatic heterocycles. The van der Waals surface area contributed by atoms with E-state index in [1.807, 2.05) is 12.1 Å². The van der Waals surface area contributed by atoms with Crippen LogP contribution >= 0.6 is 0 Å². The molecule has 0 aliphatic carbocycles. The third-order valence-electron chi connectivity index (χ3n) is 6.44. The summed E-state index contributed by atoms with van der Waals surface area (Å²) in [6, 6.07) is 30.2. The largest absolute Gasteiger partial charge is 0.253 e. The Bertz CT molecular complexity index is 1870. The smallest absolute Gasteiger partial charge is 0.0892 e. The Morgan fingerprint density at radius 1 is 0.324 bits per heavy atom. The van der Waals surface area contributed by atoms with Gasteiger partial charge in [-0.15, -0.1) is 0 Å². The molecule has 0 aliphatic heterocycles. The molecule has 0 spiro atoms. The van der Waals surface area contributed by atoms with Crippen molar-refractivity contribution in [1.82, 2.24) is 19.9 Å². The summed E-state index contributed by atoms with van der Waals surface area (Å²) in [5, 5.41) is 4.92. The monoisotopic (exact) mass is 434 g/mol. The molecular weight excluding hydrogens is 416 g/mol. The van der Waals surface area contributed by atoms with Crippen molar-refractivity contribution in [2.45, 2.75) is 0 Å². The van der Waals surface area contributed by atoms with Crippen molar-refractivity contribution in [2.75, 3.05) is 0 Å². The molecule has 0 saturated carbocycles. The van der Waals surface area contributed by atoms with Crippen molar-refractivity contribution in [1.29, 1.82) is 0 Å². The molecule has 0 atom stereocenters. The molecule has 7 aromatic rings. The summed E-state index contributed by atoms with van der Waals surface area (Å²) >= 11 is 0. The number of hydrogen-bond donors (Lipinski definition) is 0. The second-order valence-corrected chi connectivity index (χ2v) is 8.46. The second-order valence-electron chi connectivity index (χ2n) is 8.46. The lowest BCUT2D eigenvalue weighted by atomic mass is 9.95. The Kier molecular flexibility index (Phi) is 4.11. The average molecular weight is 435 g/mol. The van der Waals surface area contributed by atoms with Gasteiger partial charge in [0.2, 0.25) is 0 Å². The minimum Gasteiger partial charge on any atom is -0.253 e. The summed E-state index contributed by atoms with van der Waals surface area (Å²) in [5.41, 5.74) is 8.25. The van der Waals surface area contributed by atoms with Crippen molar-refractivity contribution in [2.24, 2.45) is 0 Å². The SMILES string of the molecule is c1cnc2cc(-c3ccc4c(ccc5ccc(-c6ccc7nccnc7c6)cc54)c3)ccc2n1. The van der Waals surface area contributed by atoms with Crippen LogP contribution in [-0.2, 0) is 0 Å². The van der Waals surface area contributed by atoms with Crippen LogP contribution in [0.25, 0.3) is 65.9 Å². The van der Waals surface area contributed by atoms with E-state index < -0.39 is 0 Å². The van der Waals surface area contributed by atoms with Gasteiger partial charge < -0.3 is 0 Å². The van der Waals surface area contributed by atoms with Crippen molar-refractivity contribution < 1.29 is 0 Å². The first kappa shape index (κ1) is 18.8. The molecule has 0 unspecified atom stereocenters. The zero-order valence-corrected chi connectivity index (χ0v) is 18.2. The number of hydrogen-bond acceptors (Lipinski definition) is 4. The molecule has 0 amide bonds. The molecule has 5 aromatic carbocycles. The van der Waals surface area contributed by atoms with E-state index >= 15 is 0 Å². The van der Waals surface area contributed by atoms with Gasteiger partial charge in [-0.05, 0) is 80.2 Å². The number of aromatic nitrogens is 4. The number of nitrogens with zero attached hydrogens (tertiary/aromatic N) is 4. The fourth-order valence-corrected chi connectivity index (χ4v) is 4.71. The third-order valence-corrected chi connectivity index (χ3v) is 6.44. The normalized spacial score (nSPS) is 11.5. The highest BCUT2D eigenvalue weighted by atomic mass is 14.8. The highest BCUT2D eigenvalue weighted by Crippen LogP contribution is 2.33. The summed E-state index contributed by atoms with van der Waals surface area (Å²) in [5.74, 6) is 0. The predicted octanol–water partition coefficient (Wildman–Crippen LogP) is 7.21. The van der Waals surface area contributed by atoms with Crippen molar-refractivity contribution >= 4 is 43.6 Å². The molecule has 34 heavy (non-hydrogen) atoms. The molecule has 0 saturated heterocycles. The van der Waals surface area contributed by atoms with Crippen LogP contribution in [0.5, 0.6) is 0 Å². The standard InChI is InChI=1S/C30H18N4/c1-3-21(23-7-10-28-30(18-23)34-14-12-32-28)16-26-19(1)2-4-24-15-20(5-8-25(24)26)22-6-9-27-29(17-22)33-13-11-31-27/h1-18H. The van der Waals surface area contributed by atoms with E-state index in [9.17, 15) is 0 Å². The van der Waals surface area contributed by atoms with E-state index in [0.29, 0.717) is 0 Å². The zero-order valence-electron chi connectivity index (χ0n) is 18.2. The minimum absolute atomic E-state index is 0.905. The molecule has 0 bridgehead atoms. The minimum atomic E-state index is 0.905. The van der Waals surface area contributed by atoms with Gasteiger partial charge in [0.15, 0.2) is 0 Å². The lowest BCUT2D eigenvalue weighted by Gasteiger charge is -2.10. The van der Waals surface area contributed by atoms with Crippen molar-refractivity contribution in [3.63, 3.8) is 0 Å². The second kappa shape index (κ2) is 7.42. The molecule has 2 heterocycles. The van der Waals surface area contributed by atoms with Gasteiger partial charge in [0.25, 0.3) is 0 Å². The fraction of sp³-hybridized carbons (Fsp3) is 0. The van der Waals surface area contributed by atoms with E-state index in [2.05, 4.69) is 92.7 Å². The number of benzene rings is 5. The maximum absolute atomic E-state index is 4.47. The van der Waals surface area contributed by atoms with E-state index in [4.69, 9.17) is 0 Å². The molecule has 158 valence electrons. The van der Waals surface area contributed by atoms with Crippen molar-refractivity contribution in [3.05, 3.63) is 110 Å². The van der Waals surface area contributed by atoms with Crippen LogP contribution < -0.4 is 0 Å². The predicted molar refractivity (Wildman–Crippen MR) is 139 cm³/mol. The number of rotatable bonds is 2. The highest BCUT2D eigenvalue weighted by Gasteiger charge is 2.08. The summed E-state index contributed by atoms with van der Waals surface area (Å²) in [6.07, 6.45) is 6.92. The van der Waals surface area contributed by atoms with Gasteiger partial charge in [-0.3, -0.25) is 19.9 Å². The van der Waals surface area contributed by atoms with E-state index in [-0.39, 0.29) is 0 Å². The summed E-state index contributed by atoms with van der Waals surface area (Å²) < 4.78 is 0. The molecule has 0 aliphatic rings. The Morgan fingerprint density at radius 3 is 1.47 bits per heavy atom. The van der Waals surface area contributed by atoms with E-state index in [1.165, 1.54) is 32.7 Å². The van der Waals surface area contributed by atoms with E-state index in [1.54, 1.807) is 24.8 Å². The average Bonchev–Trinajstić information content (AvgIpc) is 2.91. The Hall–Kier alpha value is -4.70. The van der Waals surface area contributed by atoms with Crippen LogP contribution in [0.1, 0.15) is 0 Å². The first-order chi connectivity index (χ1) is 16.8. The number of fused-ring (bicyclic) bond motifs is 5. The van der Waals surface area contributed by atoms with Gasteiger partial charge in [0.1, 0.15) is 0 Å². The first-order valence-electron chi connectivity index (χ1n) is 11.2. The van der Waals surface area contributed by atoms with Crippen molar-refractivity contribution in [3.8, 4) is 22.3 Å². The van der Waals surface area contributed by atoms with E-state index in [0.717, 1.165) is 33.2 Å². The van der Waals surface area contributed by atoms with Crippen LogP contribution in [0.3, 0.4) is 0 Å². The van der Waals surface area contributed by atoms with Gasteiger partial charge in [0.05, 0.1) is 22.1 Å². The molecule has 4 nitrogen and oxygen atoms in total. The van der Waals surface area contributed by atoms with Gasteiger partial charge in [-0.1, -0.05) is 48.5 Å².